The summed E-state index contributed by atoms with van der Waals surface area (Å²) < 4.78 is 0. The number of phenols is 1. The van der Waals surface area contributed by atoms with E-state index in [0.29, 0.717) is 5.69 Å². The van der Waals surface area contributed by atoms with Gasteiger partial charge in [-0.25, -0.2) is 0 Å². The van der Waals surface area contributed by atoms with E-state index in [0.717, 1.165) is 11.1 Å². The molecule has 0 bridgehead atoms. The van der Waals surface area contributed by atoms with Gasteiger partial charge in [0.1, 0.15) is 5.75 Å². The van der Waals surface area contributed by atoms with Gasteiger partial charge in [0.2, 0.25) is 0 Å². The first-order chi connectivity index (χ1) is 7.97. The molecule has 4 N–H and O–H groups in total. The number of aliphatic hydroxyl groups is 2. The molecule has 0 spiro atoms. The Morgan fingerprint density at radius 2 is 1.94 bits per heavy atom. The number of aromatic hydroxyl groups is 1. The zero-order valence-corrected chi connectivity index (χ0v) is 10.6. The number of hydrogen-bond acceptors (Lipinski definition) is 4. The van der Waals surface area contributed by atoms with Crippen molar-refractivity contribution in [3.05, 3.63) is 23.3 Å². The van der Waals surface area contributed by atoms with Crippen LogP contribution >= 0.6 is 0 Å². The van der Waals surface area contributed by atoms with E-state index in [1.165, 1.54) is 0 Å². The van der Waals surface area contributed by atoms with E-state index in [1.807, 2.05) is 32.9 Å². The van der Waals surface area contributed by atoms with E-state index in [9.17, 15) is 10.2 Å². The lowest BCUT2D eigenvalue weighted by Gasteiger charge is -2.17. The van der Waals surface area contributed by atoms with Crippen LogP contribution in [-0.2, 0) is 0 Å². The molecule has 0 aliphatic heterocycles. The fraction of sp³-hybridized carbons (Fsp3) is 0.538. The lowest BCUT2D eigenvalue weighted by molar-refractivity contribution is 0.105. The maximum absolute atomic E-state index is 10.1. The lowest BCUT2D eigenvalue weighted by Crippen LogP contribution is -2.23. The highest BCUT2D eigenvalue weighted by Crippen LogP contribution is 2.35. The van der Waals surface area contributed by atoms with Crippen molar-refractivity contribution in [2.75, 3.05) is 18.5 Å². The van der Waals surface area contributed by atoms with E-state index in [4.69, 9.17) is 5.11 Å². The molecule has 0 aliphatic carbocycles. The van der Waals surface area contributed by atoms with E-state index in [-0.39, 0.29) is 24.8 Å². The van der Waals surface area contributed by atoms with Gasteiger partial charge in [-0.05, 0) is 24.0 Å². The highest BCUT2D eigenvalue weighted by atomic mass is 16.3. The topological polar surface area (TPSA) is 72.7 Å². The van der Waals surface area contributed by atoms with E-state index < -0.39 is 6.10 Å². The Bertz CT molecular complexity index is 377. The van der Waals surface area contributed by atoms with E-state index >= 15 is 0 Å². The molecule has 1 unspecified atom stereocenters. The van der Waals surface area contributed by atoms with Crippen molar-refractivity contribution in [3.63, 3.8) is 0 Å². The average molecular weight is 239 g/mol. The molecular weight excluding hydrogens is 218 g/mol. The number of aliphatic hydroxyl groups excluding tert-OH is 2. The molecule has 0 amide bonds. The molecule has 0 aromatic heterocycles. The summed E-state index contributed by atoms with van der Waals surface area (Å²) in [6.07, 6.45) is -0.823. The Balaban J connectivity index is 2.93. The second-order valence-corrected chi connectivity index (χ2v) is 4.57. The second-order valence-electron chi connectivity index (χ2n) is 4.57. The largest absolute Gasteiger partial charge is 0.505 e. The monoisotopic (exact) mass is 239 g/mol. The van der Waals surface area contributed by atoms with Gasteiger partial charge in [0.25, 0.3) is 0 Å². The van der Waals surface area contributed by atoms with Crippen LogP contribution in [0.4, 0.5) is 5.69 Å². The molecule has 96 valence electrons. The number of rotatable bonds is 5. The van der Waals surface area contributed by atoms with Gasteiger partial charge in [-0.3, -0.25) is 0 Å². The zero-order valence-electron chi connectivity index (χ0n) is 10.6. The molecule has 4 heteroatoms. The second kappa shape index (κ2) is 5.89. The van der Waals surface area contributed by atoms with Gasteiger partial charge in [0.15, 0.2) is 0 Å². The molecule has 0 aliphatic rings. The first kappa shape index (κ1) is 13.8. The minimum atomic E-state index is -0.823. The van der Waals surface area contributed by atoms with Crippen molar-refractivity contribution in [1.82, 2.24) is 0 Å². The molecule has 1 atom stereocenters. The third-order valence-corrected chi connectivity index (χ3v) is 2.76. The predicted octanol–water partition coefficient (Wildman–Crippen LogP) is 1.59. The fourth-order valence-electron chi connectivity index (χ4n) is 1.68. The molecular formula is C13H21NO3. The molecule has 0 heterocycles. The van der Waals surface area contributed by atoms with Gasteiger partial charge in [0.05, 0.1) is 18.4 Å². The van der Waals surface area contributed by atoms with Crippen molar-refractivity contribution >= 4 is 5.69 Å². The molecule has 1 aromatic carbocycles. The SMILES string of the molecule is Cc1ccc(C(C)C)c(O)c1NCC(O)CO. The molecule has 1 rings (SSSR count). The summed E-state index contributed by atoms with van der Waals surface area (Å²) in [5.74, 6) is 0.462. The first-order valence-electron chi connectivity index (χ1n) is 5.82. The number of phenolic OH excluding ortho intramolecular Hbond substituents is 1. The van der Waals surface area contributed by atoms with Crippen molar-refractivity contribution < 1.29 is 15.3 Å². The van der Waals surface area contributed by atoms with Crippen LogP contribution in [0.15, 0.2) is 12.1 Å². The summed E-state index contributed by atoms with van der Waals surface area (Å²) in [5, 5.41) is 31.1. The minimum Gasteiger partial charge on any atom is -0.505 e. The maximum Gasteiger partial charge on any atom is 0.142 e. The standard InChI is InChI=1S/C13H21NO3/c1-8(2)11-5-4-9(3)12(13(11)17)14-6-10(16)7-15/h4-5,8,10,14-17H,6-7H2,1-3H3. The van der Waals surface area contributed by atoms with Crippen molar-refractivity contribution in [1.29, 1.82) is 0 Å². The Kier molecular flexibility index (Phi) is 4.78. The fourth-order valence-corrected chi connectivity index (χ4v) is 1.68. The molecule has 0 saturated carbocycles. The van der Waals surface area contributed by atoms with E-state index in [2.05, 4.69) is 5.32 Å². The third-order valence-electron chi connectivity index (χ3n) is 2.76. The van der Waals surface area contributed by atoms with Crippen LogP contribution in [0.2, 0.25) is 0 Å². The Hall–Kier alpha value is -1.26. The smallest absolute Gasteiger partial charge is 0.142 e. The quantitative estimate of drug-likeness (QED) is 0.589. The normalized spacial score (nSPS) is 12.8. The lowest BCUT2D eigenvalue weighted by atomic mass is 9.99. The van der Waals surface area contributed by atoms with Crippen molar-refractivity contribution in [2.24, 2.45) is 0 Å². The first-order valence-corrected chi connectivity index (χ1v) is 5.82. The van der Waals surface area contributed by atoms with Crippen LogP contribution < -0.4 is 5.32 Å². The molecule has 0 radical (unpaired) electrons. The van der Waals surface area contributed by atoms with Crippen LogP contribution in [0.25, 0.3) is 0 Å². The van der Waals surface area contributed by atoms with Crippen LogP contribution in [0.1, 0.15) is 30.9 Å². The van der Waals surface area contributed by atoms with Gasteiger partial charge in [-0.15, -0.1) is 0 Å². The zero-order chi connectivity index (χ0) is 13.0. The number of aryl methyl sites for hydroxylation is 1. The number of nitrogens with one attached hydrogen (secondary N) is 1. The number of anilines is 1. The van der Waals surface area contributed by atoms with Gasteiger partial charge in [-0.2, -0.15) is 0 Å². The van der Waals surface area contributed by atoms with Crippen LogP contribution in [-0.4, -0.2) is 34.6 Å². The predicted molar refractivity (Wildman–Crippen MR) is 68.5 cm³/mol. The molecule has 0 saturated heterocycles. The third kappa shape index (κ3) is 3.35. The highest BCUT2D eigenvalue weighted by Gasteiger charge is 2.13. The van der Waals surface area contributed by atoms with Gasteiger partial charge < -0.3 is 20.6 Å². The van der Waals surface area contributed by atoms with Crippen LogP contribution in [0.3, 0.4) is 0 Å². The van der Waals surface area contributed by atoms with Crippen molar-refractivity contribution in [3.8, 4) is 5.75 Å². The van der Waals surface area contributed by atoms with E-state index in [1.54, 1.807) is 0 Å². The summed E-state index contributed by atoms with van der Waals surface area (Å²) >= 11 is 0. The molecule has 4 nitrogen and oxygen atoms in total. The maximum atomic E-state index is 10.1. The molecule has 1 aromatic rings. The summed E-state index contributed by atoms with van der Waals surface area (Å²) in [6, 6.07) is 3.84. The molecule has 0 fully saturated rings. The summed E-state index contributed by atoms with van der Waals surface area (Å²) in [7, 11) is 0. The Morgan fingerprint density at radius 3 is 2.47 bits per heavy atom. The van der Waals surface area contributed by atoms with Crippen LogP contribution in [0, 0.1) is 6.92 Å². The minimum absolute atomic E-state index is 0.215. The van der Waals surface area contributed by atoms with Crippen molar-refractivity contribution in [2.45, 2.75) is 32.8 Å². The van der Waals surface area contributed by atoms with Gasteiger partial charge >= 0.3 is 0 Å². The Morgan fingerprint density at radius 1 is 1.29 bits per heavy atom. The number of benzene rings is 1. The molecule has 17 heavy (non-hydrogen) atoms. The van der Waals surface area contributed by atoms with Gasteiger partial charge in [0, 0.05) is 6.54 Å². The number of hydrogen-bond donors (Lipinski definition) is 4. The summed E-state index contributed by atoms with van der Waals surface area (Å²) in [5.41, 5.74) is 2.41. The van der Waals surface area contributed by atoms with Crippen LogP contribution in [0.5, 0.6) is 5.75 Å². The average Bonchev–Trinajstić information content (AvgIpc) is 2.27. The summed E-state index contributed by atoms with van der Waals surface area (Å²) in [4.78, 5) is 0. The highest BCUT2D eigenvalue weighted by molar-refractivity contribution is 5.64. The summed E-state index contributed by atoms with van der Waals surface area (Å²) in [6.45, 7) is 5.83. The Labute approximate surface area is 102 Å². The van der Waals surface area contributed by atoms with Gasteiger partial charge in [-0.1, -0.05) is 26.0 Å².